The van der Waals surface area contributed by atoms with Crippen molar-refractivity contribution in [3.63, 3.8) is 0 Å². The van der Waals surface area contributed by atoms with Gasteiger partial charge >= 0.3 is 0 Å². The summed E-state index contributed by atoms with van der Waals surface area (Å²) in [6, 6.07) is 13.9. The number of hydrazone groups is 1. The Hall–Kier alpha value is -3.87. The smallest absolute Gasteiger partial charge is 0.210 e. The van der Waals surface area contributed by atoms with Crippen molar-refractivity contribution >= 4 is 23.2 Å². The van der Waals surface area contributed by atoms with E-state index in [1.807, 2.05) is 12.1 Å². The van der Waals surface area contributed by atoms with Gasteiger partial charge in [-0.1, -0.05) is 6.07 Å². The lowest BCUT2D eigenvalue weighted by Crippen LogP contribution is -2.07. The van der Waals surface area contributed by atoms with E-state index < -0.39 is 17.5 Å². The van der Waals surface area contributed by atoms with Gasteiger partial charge in [0.15, 0.2) is 5.82 Å². The van der Waals surface area contributed by atoms with Crippen molar-refractivity contribution in [3.8, 4) is 0 Å². The number of rotatable bonds is 5. The maximum absolute atomic E-state index is 13.8. The molecule has 0 saturated heterocycles. The first-order valence-electron chi connectivity index (χ1n) is 9.10. The topological polar surface area (TPSA) is 45.9 Å². The van der Waals surface area contributed by atoms with Gasteiger partial charge in [-0.15, -0.1) is 0 Å². The van der Waals surface area contributed by atoms with E-state index in [-0.39, 0.29) is 11.5 Å². The molecule has 0 radical (unpaired) electrons. The number of hydrogen-bond donors (Lipinski definition) is 1. The Morgan fingerprint density at radius 3 is 2.47 bits per heavy atom. The van der Waals surface area contributed by atoms with Crippen LogP contribution in [0.4, 0.5) is 18.9 Å². The highest BCUT2D eigenvalue weighted by Crippen LogP contribution is 2.24. The molecule has 7 heteroatoms. The van der Waals surface area contributed by atoms with Crippen molar-refractivity contribution in [2.45, 2.75) is 6.92 Å². The van der Waals surface area contributed by atoms with Gasteiger partial charge in [-0.3, -0.25) is 10.2 Å². The van der Waals surface area contributed by atoms with Gasteiger partial charge in [0.1, 0.15) is 11.6 Å². The lowest BCUT2D eigenvalue weighted by molar-refractivity contribution is 0.103. The molecule has 0 aliphatic heterocycles. The summed E-state index contributed by atoms with van der Waals surface area (Å²) >= 11 is 0. The molecular formula is C23H16F3N3O. The number of hydrogen-bond acceptors (Lipinski definition) is 3. The molecule has 2 heterocycles. The highest BCUT2D eigenvalue weighted by molar-refractivity contribution is 6.11. The van der Waals surface area contributed by atoms with Gasteiger partial charge in [0.25, 0.3) is 0 Å². The van der Waals surface area contributed by atoms with Crippen molar-refractivity contribution in [2.24, 2.45) is 5.10 Å². The third kappa shape index (κ3) is 3.57. The predicted molar refractivity (Wildman–Crippen MR) is 110 cm³/mol. The number of anilines is 1. The predicted octanol–water partition coefficient (Wildman–Crippen LogP) is 5.34. The Balaban J connectivity index is 1.73. The highest BCUT2D eigenvalue weighted by Gasteiger charge is 2.20. The number of halogens is 3. The maximum Gasteiger partial charge on any atom is 0.210 e. The van der Waals surface area contributed by atoms with Crippen LogP contribution in [-0.2, 0) is 0 Å². The summed E-state index contributed by atoms with van der Waals surface area (Å²) in [7, 11) is 0. The Bertz CT molecular complexity index is 1280. The van der Waals surface area contributed by atoms with Gasteiger partial charge in [0.05, 0.1) is 23.1 Å². The van der Waals surface area contributed by atoms with Gasteiger partial charge in [-0.05, 0) is 61.0 Å². The van der Waals surface area contributed by atoms with E-state index in [4.69, 9.17) is 0 Å². The number of nitrogens with zero attached hydrogens (tertiary/aromatic N) is 2. The molecule has 0 bridgehead atoms. The maximum atomic E-state index is 13.8. The van der Waals surface area contributed by atoms with Crippen molar-refractivity contribution in [2.75, 3.05) is 5.43 Å². The zero-order valence-corrected chi connectivity index (χ0v) is 15.9. The zero-order chi connectivity index (χ0) is 21.3. The number of carbonyl (C=O) groups excluding carboxylic acids is 1. The monoisotopic (exact) mass is 407 g/mol. The number of benzene rings is 2. The van der Waals surface area contributed by atoms with Crippen LogP contribution in [0, 0.1) is 24.4 Å². The zero-order valence-electron chi connectivity index (χ0n) is 15.9. The minimum atomic E-state index is -0.766. The van der Waals surface area contributed by atoms with Crippen LogP contribution in [0.15, 0.2) is 72.0 Å². The normalized spacial score (nSPS) is 11.3. The van der Waals surface area contributed by atoms with Gasteiger partial charge in [0.2, 0.25) is 5.78 Å². The second kappa shape index (κ2) is 7.87. The fourth-order valence-electron chi connectivity index (χ4n) is 3.29. The third-order valence-corrected chi connectivity index (χ3v) is 4.77. The molecule has 1 N–H and O–H groups in total. The molecule has 150 valence electrons. The summed E-state index contributed by atoms with van der Waals surface area (Å²) < 4.78 is 41.8. The highest BCUT2D eigenvalue weighted by atomic mass is 19.1. The molecule has 0 atom stereocenters. The SMILES string of the molecule is Cc1c(/C=N/Nc2ccc(F)cc2F)c2ccccn2c1C(=O)c1ccc(F)cc1. The Morgan fingerprint density at radius 1 is 1.00 bits per heavy atom. The van der Waals surface area contributed by atoms with Crippen LogP contribution >= 0.6 is 0 Å². The molecule has 30 heavy (non-hydrogen) atoms. The first kappa shape index (κ1) is 19.4. The van der Waals surface area contributed by atoms with Crippen molar-refractivity contribution in [3.05, 3.63) is 107 Å². The summed E-state index contributed by atoms with van der Waals surface area (Å²) in [6.07, 6.45) is 3.23. The van der Waals surface area contributed by atoms with E-state index in [0.717, 1.165) is 17.6 Å². The first-order valence-corrected chi connectivity index (χ1v) is 9.10. The Labute approximate surface area is 170 Å². The molecule has 0 aliphatic rings. The molecule has 2 aromatic carbocycles. The van der Waals surface area contributed by atoms with Crippen LogP contribution in [0.1, 0.15) is 27.2 Å². The van der Waals surface area contributed by atoms with Crippen LogP contribution in [0.5, 0.6) is 0 Å². The van der Waals surface area contributed by atoms with Gasteiger partial charge in [-0.2, -0.15) is 5.10 Å². The largest absolute Gasteiger partial charge is 0.313 e. The fourth-order valence-corrected chi connectivity index (χ4v) is 3.29. The molecule has 4 nitrogen and oxygen atoms in total. The van der Waals surface area contributed by atoms with Crippen LogP contribution in [0.2, 0.25) is 0 Å². The van der Waals surface area contributed by atoms with Crippen LogP contribution in [0.3, 0.4) is 0 Å². The van der Waals surface area contributed by atoms with Crippen LogP contribution < -0.4 is 5.43 Å². The summed E-state index contributed by atoms with van der Waals surface area (Å²) in [5.41, 5.74) is 5.41. The summed E-state index contributed by atoms with van der Waals surface area (Å²) in [5, 5.41) is 4.06. The molecule has 2 aromatic heterocycles. The summed E-state index contributed by atoms with van der Waals surface area (Å²) in [4.78, 5) is 13.1. The molecule has 4 aromatic rings. The number of ketones is 1. The van der Waals surface area contributed by atoms with Gasteiger partial charge in [-0.25, -0.2) is 13.2 Å². The molecule has 0 saturated carbocycles. The molecule has 0 unspecified atom stereocenters. The Kier molecular flexibility index (Phi) is 5.10. The number of pyridine rings is 1. The molecular weight excluding hydrogens is 391 g/mol. The summed E-state index contributed by atoms with van der Waals surface area (Å²) in [5.74, 6) is -2.13. The lowest BCUT2D eigenvalue weighted by Gasteiger charge is -2.04. The standard InChI is InChI=1S/C23H16F3N3O/c1-14-18(13-27-28-20-10-9-17(25)12-19(20)26)21-4-2-3-11-29(21)22(14)23(30)15-5-7-16(24)8-6-15/h2-13,28H,1H3/b27-13+. The van der Waals surface area contributed by atoms with E-state index in [9.17, 15) is 18.0 Å². The second-order valence-corrected chi connectivity index (χ2v) is 6.67. The molecule has 4 rings (SSSR count). The third-order valence-electron chi connectivity index (χ3n) is 4.77. The Morgan fingerprint density at radius 2 is 1.73 bits per heavy atom. The van der Waals surface area contributed by atoms with E-state index in [0.29, 0.717) is 22.4 Å². The lowest BCUT2D eigenvalue weighted by atomic mass is 10.0. The van der Waals surface area contributed by atoms with Crippen molar-refractivity contribution < 1.29 is 18.0 Å². The second-order valence-electron chi connectivity index (χ2n) is 6.67. The molecule has 0 spiro atoms. The van der Waals surface area contributed by atoms with Gasteiger partial charge in [0, 0.05) is 23.4 Å². The van der Waals surface area contributed by atoms with E-state index in [2.05, 4.69) is 10.5 Å². The minimum absolute atomic E-state index is 0.0245. The van der Waals surface area contributed by atoms with Gasteiger partial charge < -0.3 is 4.40 Å². The van der Waals surface area contributed by atoms with Crippen molar-refractivity contribution in [1.82, 2.24) is 4.40 Å². The average molecular weight is 407 g/mol. The van der Waals surface area contributed by atoms with Crippen LogP contribution in [-0.4, -0.2) is 16.4 Å². The number of carbonyl (C=O) groups is 1. The van der Waals surface area contributed by atoms with E-state index in [1.54, 1.807) is 23.6 Å². The minimum Gasteiger partial charge on any atom is -0.313 e. The molecule has 0 amide bonds. The quantitative estimate of drug-likeness (QED) is 0.276. The number of aromatic nitrogens is 1. The number of fused-ring (bicyclic) bond motifs is 1. The summed E-state index contributed by atoms with van der Waals surface area (Å²) in [6.45, 7) is 1.78. The molecule has 0 aliphatic carbocycles. The molecule has 0 fully saturated rings. The first-order chi connectivity index (χ1) is 14.5. The van der Waals surface area contributed by atoms with Crippen molar-refractivity contribution in [1.29, 1.82) is 0 Å². The number of nitrogens with one attached hydrogen (secondary N) is 1. The van der Waals surface area contributed by atoms with E-state index >= 15 is 0 Å². The van der Waals surface area contributed by atoms with Crippen LogP contribution in [0.25, 0.3) is 5.52 Å². The average Bonchev–Trinajstić information content (AvgIpc) is 3.01. The van der Waals surface area contributed by atoms with E-state index in [1.165, 1.54) is 36.5 Å². The fraction of sp³-hybridized carbons (Fsp3) is 0.0435.